The standard InChI is InChI=1S/C34H31BrClN3O4/c1-2-41-34(40)30-12-7-13-39(30)20-27-15-29(36)32(16-31(27)42-21-24-14-23(17-37)18-38-19-24)43-22-26-10-6-11-28(33(26)35)25-8-4-3-5-9-25/h3-6,8-11,14-16,18-19,30H,2,7,12-13,20-22H2,1H3. The van der Waals surface area contributed by atoms with Gasteiger partial charge in [-0.3, -0.25) is 14.7 Å². The van der Waals surface area contributed by atoms with Gasteiger partial charge < -0.3 is 14.2 Å². The van der Waals surface area contributed by atoms with Crippen LogP contribution in [0.3, 0.4) is 0 Å². The first-order chi connectivity index (χ1) is 21.0. The van der Waals surface area contributed by atoms with Crippen LogP contribution in [0.15, 0.2) is 83.6 Å². The van der Waals surface area contributed by atoms with Gasteiger partial charge in [0.05, 0.1) is 17.2 Å². The van der Waals surface area contributed by atoms with Crippen molar-refractivity contribution in [2.24, 2.45) is 0 Å². The molecule has 7 nitrogen and oxygen atoms in total. The van der Waals surface area contributed by atoms with E-state index in [1.165, 1.54) is 6.20 Å². The van der Waals surface area contributed by atoms with Gasteiger partial charge in [-0.1, -0.05) is 60.1 Å². The molecule has 1 aliphatic rings. The second-order valence-electron chi connectivity index (χ2n) is 10.2. The van der Waals surface area contributed by atoms with E-state index in [1.807, 2.05) is 43.3 Å². The predicted molar refractivity (Wildman–Crippen MR) is 169 cm³/mol. The molecule has 1 atom stereocenters. The number of aromatic nitrogens is 1. The number of benzene rings is 3. The van der Waals surface area contributed by atoms with Crippen LogP contribution in [0.4, 0.5) is 0 Å². The minimum Gasteiger partial charge on any atom is -0.488 e. The van der Waals surface area contributed by atoms with E-state index in [9.17, 15) is 10.1 Å². The van der Waals surface area contributed by atoms with Crippen molar-refractivity contribution in [2.45, 2.75) is 45.6 Å². The number of carbonyl (C=O) groups is 1. The Morgan fingerprint density at radius 1 is 1.05 bits per heavy atom. The van der Waals surface area contributed by atoms with Gasteiger partial charge >= 0.3 is 5.97 Å². The molecule has 43 heavy (non-hydrogen) atoms. The van der Waals surface area contributed by atoms with Gasteiger partial charge in [-0.2, -0.15) is 5.26 Å². The van der Waals surface area contributed by atoms with Crippen molar-refractivity contribution in [1.82, 2.24) is 9.88 Å². The van der Waals surface area contributed by atoms with Crippen molar-refractivity contribution >= 4 is 33.5 Å². The van der Waals surface area contributed by atoms with Crippen molar-refractivity contribution in [2.75, 3.05) is 13.2 Å². The van der Waals surface area contributed by atoms with E-state index in [-0.39, 0.29) is 25.2 Å². The average molecular weight is 661 g/mol. The molecular weight excluding hydrogens is 630 g/mol. The number of halogens is 2. The lowest BCUT2D eigenvalue weighted by Crippen LogP contribution is -2.36. The molecule has 1 fully saturated rings. The Labute approximate surface area is 265 Å². The molecule has 0 N–H and O–H groups in total. The fourth-order valence-electron chi connectivity index (χ4n) is 5.16. The summed E-state index contributed by atoms with van der Waals surface area (Å²) in [6, 6.07) is 23.4. The van der Waals surface area contributed by atoms with Crippen molar-refractivity contribution in [3.63, 3.8) is 0 Å². The molecule has 0 radical (unpaired) electrons. The zero-order valence-electron chi connectivity index (χ0n) is 23.8. The van der Waals surface area contributed by atoms with Gasteiger partial charge in [-0.15, -0.1) is 0 Å². The summed E-state index contributed by atoms with van der Waals surface area (Å²) in [5.41, 5.74) is 5.19. The summed E-state index contributed by atoms with van der Waals surface area (Å²) in [5, 5.41) is 9.71. The highest BCUT2D eigenvalue weighted by atomic mass is 79.9. The molecule has 1 unspecified atom stereocenters. The molecule has 0 saturated carbocycles. The van der Waals surface area contributed by atoms with Gasteiger partial charge in [0.15, 0.2) is 0 Å². The Morgan fingerprint density at radius 2 is 1.86 bits per heavy atom. The summed E-state index contributed by atoms with van der Waals surface area (Å²) in [4.78, 5) is 18.8. The normalized spacial score (nSPS) is 14.7. The Morgan fingerprint density at radius 3 is 2.65 bits per heavy atom. The van der Waals surface area contributed by atoms with Crippen molar-refractivity contribution < 1.29 is 19.0 Å². The van der Waals surface area contributed by atoms with Gasteiger partial charge in [0.25, 0.3) is 0 Å². The van der Waals surface area contributed by atoms with E-state index in [0.29, 0.717) is 35.2 Å². The summed E-state index contributed by atoms with van der Waals surface area (Å²) >= 11 is 10.5. The molecule has 9 heteroatoms. The molecule has 220 valence electrons. The van der Waals surface area contributed by atoms with Crippen LogP contribution in [0.25, 0.3) is 11.1 Å². The third-order valence-corrected chi connectivity index (χ3v) is 8.51. The van der Waals surface area contributed by atoms with E-state index in [0.717, 1.165) is 51.7 Å². The molecule has 2 heterocycles. The molecular formula is C34H31BrClN3O4. The topological polar surface area (TPSA) is 84.7 Å². The molecule has 1 aromatic heterocycles. The summed E-state index contributed by atoms with van der Waals surface area (Å²) in [5.74, 6) is 0.842. The minimum absolute atomic E-state index is 0.197. The second-order valence-corrected chi connectivity index (χ2v) is 11.4. The highest BCUT2D eigenvalue weighted by Crippen LogP contribution is 2.37. The largest absolute Gasteiger partial charge is 0.488 e. The Balaban J connectivity index is 1.40. The van der Waals surface area contributed by atoms with Crippen LogP contribution in [0.2, 0.25) is 5.02 Å². The molecule has 5 rings (SSSR count). The van der Waals surface area contributed by atoms with E-state index in [2.05, 4.69) is 50.1 Å². The number of hydrogen-bond acceptors (Lipinski definition) is 7. The van der Waals surface area contributed by atoms with Gasteiger partial charge in [0.1, 0.15) is 36.8 Å². The second kappa shape index (κ2) is 14.5. The van der Waals surface area contributed by atoms with Gasteiger partial charge in [-0.25, -0.2) is 0 Å². The molecule has 0 bridgehead atoms. The molecule has 1 saturated heterocycles. The number of ether oxygens (including phenoxy) is 3. The summed E-state index contributed by atoms with van der Waals surface area (Å²) < 4.78 is 18.8. The number of likely N-dealkylation sites (tertiary alicyclic amines) is 1. The minimum atomic E-state index is -0.312. The van der Waals surface area contributed by atoms with E-state index >= 15 is 0 Å². The van der Waals surface area contributed by atoms with Crippen LogP contribution in [0, 0.1) is 11.3 Å². The third-order valence-electron chi connectivity index (χ3n) is 7.28. The fraction of sp³-hybridized carbons (Fsp3) is 0.265. The maximum absolute atomic E-state index is 12.6. The van der Waals surface area contributed by atoms with Crippen LogP contribution < -0.4 is 9.47 Å². The number of esters is 1. The highest BCUT2D eigenvalue weighted by molar-refractivity contribution is 9.10. The molecule has 0 aliphatic carbocycles. The van der Waals surface area contributed by atoms with E-state index < -0.39 is 0 Å². The smallest absolute Gasteiger partial charge is 0.323 e. The van der Waals surface area contributed by atoms with Crippen LogP contribution >= 0.6 is 27.5 Å². The van der Waals surface area contributed by atoms with Gasteiger partial charge in [-0.05, 0) is 65.5 Å². The molecule has 1 aliphatic heterocycles. The predicted octanol–water partition coefficient (Wildman–Crippen LogP) is 7.72. The number of nitrogens with zero attached hydrogens (tertiary/aromatic N) is 3. The molecule has 0 amide bonds. The van der Waals surface area contributed by atoms with Gasteiger partial charge in [0.2, 0.25) is 0 Å². The number of nitriles is 1. The Bertz CT molecular complexity index is 1630. The lowest BCUT2D eigenvalue weighted by Gasteiger charge is -2.24. The Hall–Kier alpha value is -3.90. The van der Waals surface area contributed by atoms with Crippen LogP contribution in [-0.2, 0) is 29.3 Å². The highest BCUT2D eigenvalue weighted by Gasteiger charge is 2.32. The average Bonchev–Trinajstić information content (AvgIpc) is 3.49. The van der Waals surface area contributed by atoms with E-state index in [1.54, 1.807) is 18.3 Å². The molecule has 0 spiro atoms. The number of rotatable bonds is 11. The first-order valence-corrected chi connectivity index (χ1v) is 15.3. The lowest BCUT2D eigenvalue weighted by atomic mass is 10.0. The first kappa shape index (κ1) is 30.6. The summed E-state index contributed by atoms with van der Waals surface area (Å²) in [6.07, 6.45) is 4.82. The maximum Gasteiger partial charge on any atom is 0.323 e. The number of pyridine rings is 1. The number of hydrogen-bond donors (Lipinski definition) is 0. The van der Waals surface area contributed by atoms with Crippen molar-refractivity contribution in [1.29, 1.82) is 5.26 Å². The van der Waals surface area contributed by atoms with Crippen LogP contribution in [-0.4, -0.2) is 35.0 Å². The first-order valence-electron chi connectivity index (χ1n) is 14.1. The van der Waals surface area contributed by atoms with Crippen LogP contribution in [0.5, 0.6) is 11.5 Å². The quantitative estimate of drug-likeness (QED) is 0.152. The maximum atomic E-state index is 12.6. The van der Waals surface area contributed by atoms with Gasteiger partial charge in [0, 0.05) is 46.2 Å². The summed E-state index contributed by atoms with van der Waals surface area (Å²) in [6.45, 7) is 3.86. The van der Waals surface area contributed by atoms with Crippen LogP contribution in [0.1, 0.15) is 42.0 Å². The van der Waals surface area contributed by atoms with Crippen molar-refractivity contribution in [3.05, 3.63) is 111 Å². The summed E-state index contributed by atoms with van der Waals surface area (Å²) in [7, 11) is 0. The Kier molecular flexibility index (Phi) is 10.3. The third kappa shape index (κ3) is 7.55. The van der Waals surface area contributed by atoms with E-state index in [4.69, 9.17) is 25.8 Å². The lowest BCUT2D eigenvalue weighted by molar-refractivity contribution is -0.148. The van der Waals surface area contributed by atoms with Crippen molar-refractivity contribution in [3.8, 4) is 28.7 Å². The SMILES string of the molecule is CCOC(=O)C1CCCN1Cc1cc(Cl)c(OCc2cccc(-c3ccccc3)c2Br)cc1OCc1cncc(C#N)c1. The monoisotopic (exact) mass is 659 g/mol. The molecule has 4 aromatic rings. The molecule has 3 aromatic carbocycles. The zero-order valence-corrected chi connectivity index (χ0v) is 26.1. The number of carbonyl (C=O) groups excluding carboxylic acids is 1. The zero-order chi connectivity index (χ0) is 30.2. The fourth-order valence-corrected chi connectivity index (χ4v) is 6.01.